The van der Waals surface area contributed by atoms with E-state index in [0.717, 1.165) is 25.5 Å². The molecular formula is C15H27N3O. The third kappa shape index (κ3) is 4.62. The zero-order valence-electron chi connectivity index (χ0n) is 12.3. The average molecular weight is 265 g/mol. The summed E-state index contributed by atoms with van der Waals surface area (Å²) in [6, 6.07) is 3.14. The van der Waals surface area contributed by atoms with E-state index in [4.69, 9.17) is 9.84 Å². The van der Waals surface area contributed by atoms with Gasteiger partial charge in [-0.1, -0.05) is 19.3 Å². The molecule has 108 valence electrons. The lowest BCUT2D eigenvalue weighted by Gasteiger charge is -2.21. The predicted octanol–water partition coefficient (Wildman–Crippen LogP) is 2.90. The van der Waals surface area contributed by atoms with E-state index in [-0.39, 0.29) is 0 Å². The molecule has 1 aliphatic carbocycles. The number of nitrogens with zero attached hydrogens (tertiary/aromatic N) is 2. The van der Waals surface area contributed by atoms with Crippen molar-refractivity contribution in [1.82, 2.24) is 15.1 Å². The summed E-state index contributed by atoms with van der Waals surface area (Å²) >= 11 is 0. The number of rotatable bonds is 7. The quantitative estimate of drug-likeness (QED) is 0.824. The van der Waals surface area contributed by atoms with Crippen molar-refractivity contribution in [3.63, 3.8) is 0 Å². The number of ether oxygens (including phenoxy) is 1. The van der Waals surface area contributed by atoms with E-state index in [1.165, 1.54) is 32.1 Å². The van der Waals surface area contributed by atoms with Crippen LogP contribution in [0.4, 0.5) is 0 Å². The average Bonchev–Trinajstić information content (AvgIpc) is 2.93. The van der Waals surface area contributed by atoms with E-state index in [9.17, 15) is 0 Å². The Morgan fingerprint density at radius 2 is 2.21 bits per heavy atom. The molecule has 1 fully saturated rings. The van der Waals surface area contributed by atoms with Gasteiger partial charge in [0.05, 0.1) is 18.3 Å². The van der Waals surface area contributed by atoms with Gasteiger partial charge < -0.3 is 10.1 Å². The second kappa shape index (κ2) is 7.65. The lowest BCUT2D eigenvalue weighted by molar-refractivity contribution is 0.127. The Kier molecular flexibility index (Phi) is 5.86. The largest absolute Gasteiger partial charge is 0.380 e. The molecular weight excluding hydrogens is 238 g/mol. The number of aromatic nitrogens is 2. The minimum absolute atomic E-state index is 0.375. The van der Waals surface area contributed by atoms with Gasteiger partial charge in [0.15, 0.2) is 0 Å². The van der Waals surface area contributed by atoms with Crippen molar-refractivity contribution >= 4 is 0 Å². The fourth-order valence-electron chi connectivity index (χ4n) is 2.65. The van der Waals surface area contributed by atoms with E-state index in [1.54, 1.807) is 0 Å². The predicted molar refractivity (Wildman–Crippen MR) is 77.1 cm³/mol. The minimum Gasteiger partial charge on any atom is -0.380 e. The van der Waals surface area contributed by atoms with Crippen molar-refractivity contribution in [2.45, 2.75) is 64.6 Å². The highest BCUT2D eigenvalue weighted by Crippen LogP contribution is 2.27. The summed E-state index contributed by atoms with van der Waals surface area (Å²) in [6.45, 7) is 6.54. The summed E-state index contributed by atoms with van der Waals surface area (Å²) in [6.07, 6.45) is 8.80. The molecule has 0 radical (unpaired) electrons. The molecule has 1 aromatic heterocycles. The van der Waals surface area contributed by atoms with E-state index < -0.39 is 0 Å². The van der Waals surface area contributed by atoms with Gasteiger partial charge in [-0.2, -0.15) is 5.10 Å². The van der Waals surface area contributed by atoms with Crippen LogP contribution in [0.1, 0.15) is 57.7 Å². The molecule has 1 unspecified atom stereocenters. The molecule has 0 saturated heterocycles. The first-order valence-corrected chi connectivity index (χ1v) is 7.64. The standard InChI is InChI=1S/C15H27N3O/c1-3-19-12-13(2)16-11-14-9-10-18(17-14)15-7-5-4-6-8-15/h9-10,13,15-16H,3-8,11-12H2,1-2H3. The molecule has 4 nitrogen and oxygen atoms in total. The van der Waals surface area contributed by atoms with E-state index in [2.05, 4.69) is 29.2 Å². The van der Waals surface area contributed by atoms with Crippen molar-refractivity contribution in [2.24, 2.45) is 0 Å². The van der Waals surface area contributed by atoms with Crippen LogP contribution in [0, 0.1) is 0 Å². The molecule has 1 N–H and O–H groups in total. The van der Waals surface area contributed by atoms with Crippen LogP contribution < -0.4 is 5.32 Å². The normalized spacial score (nSPS) is 18.6. The Bertz CT molecular complexity index is 358. The minimum atomic E-state index is 0.375. The molecule has 1 aromatic rings. The molecule has 0 spiro atoms. The number of nitrogens with one attached hydrogen (secondary N) is 1. The lowest BCUT2D eigenvalue weighted by atomic mass is 9.96. The maximum absolute atomic E-state index is 5.40. The van der Waals surface area contributed by atoms with Gasteiger partial charge in [-0.25, -0.2) is 0 Å². The molecule has 0 bridgehead atoms. The molecule has 4 heteroatoms. The van der Waals surface area contributed by atoms with Crippen LogP contribution in [0.3, 0.4) is 0 Å². The molecule has 1 heterocycles. The molecule has 0 aliphatic heterocycles. The first-order valence-electron chi connectivity index (χ1n) is 7.64. The number of hydrogen-bond donors (Lipinski definition) is 1. The van der Waals surface area contributed by atoms with Gasteiger partial charge in [0.25, 0.3) is 0 Å². The first kappa shape index (κ1) is 14.5. The maximum Gasteiger partial charge on any atom is 0.0762 e. The third-order valence-electron chi connectivity index (χ3n) is 3.82. The topological polar surface area (TPSA) is 39.1 Å². The van der Waals surface area contributed by atoms with Gasteiger partial charge in [-0.15, -0.1) is 0 Å². The molecule has 1 aliphatic rings. The Labute approximate surface area is 116 Å². The van der Waals surface area contributed by atoms with Crippen molar-refractivity contribution in [3.05, 3.63) is 18.0 Å². The summed E-state index contributed by atoms with van der Waals surface area (Å²) in [5, 5.41) is 8.15. The monoisotopic (exact) mass is 265 g/mol. The van der Waals surface area contributed by atoms with E-state index in [1.807, 2.05) is 6.92 Å². The van der Waals surface area contributed by atoms with Gasteiger partial charge in [0, 0.05) is 25.4 Å². The van der Waals surface area contributed by atoms with Crippen LogP contribution in [0.2, 0.25) is 0 Å². The smallest absolute Gasteiger partial charge is 0.0762 e. The Hall–Kier alpha value is -0.870. The Morgan fingerprint density at radius 3 is 2.95 bits per heavy atom. The van der Waals surface area contributed by atoms with Gasteiger partial charge in [-0.3, -0.25) is 4.68 Å². The summed E-state index contributed by atoms with van der Waals surface area (Å²) < 4.78 is 7.57. The fraction of sp³-hybridized carbons (Fsp3) is 0.800. The highest BCUT2D eigenvalue weighted by molar-refractivity contribution is 5.00. The lowest BCUT2D eigenvalue weighted by Crippen LogP contribution is -2.30. The van der Waals surface area contributed by atoms with Gasteiger partial charge in [-0.05, 0) is 32.8 Å². The zero-order chi connectivity index (χ0) is 13.5. The molecule has 19 heavy (non-hydrogen) atoms. The molecule has 0 amide bonds. The van der Waals surface area contributed by atoms with Gasteiger partial charge in [0.1, 0.15) is 0 Å². The molecule has 2 rings (SSSR count). The van der Waals surface area contributed by atoms with Gasteiger partial charge in [0.2, 0.25) is 0 Å². The number of hydrogen-bond acceptors (Lipinski definition) is 3. The van der Waals surface area contributed by atoms with Crippen LogP contribution in [-0.2, 0) is 11.3 Å². The van der Waals surface area contributed by atoms with Crippen molar-refractivity contribution in [3.8, 4) is 0 Å². The van der Waals surface area contributed by atoms with Crippen molar-refractivity contribution in [2.75, 3.05) is 13.2 Å². The highest BCUT2D eigenvalue weighted by atomic mass is 16.5. The summed E-state index contributed by atoms with van der Waals surface area (Å²) in [4.78, 5) is 0. The Balaban J connectivity index is 1.77. The second-order valence-electron chi connectivity index (χ2n) is 5.52. The fourth-order valence-corrected chi connectivity index (χ4v) is 2.65. The summed E-state index contributed by atoms with van der Waals surface area (Å²) in [5.41, 5.74) is 1.13. The molecule has 1 saturated carbocycles. The van der Waals surface area contributed by atoms with Crippen LogP contribution in [-0.4, -0.2) is 29.0 Å². The van der Waals surface area contributed by atoms with Crippen LogP contribution in [0.25, 0.3) is 0 Å². The van der Waals surface area contributed by atoms with Crippen LogP contribution in [0.5, 0.6) is 0 Å². The van der Waals surface area contributed by atoms with Crippen molar-refractivity contribution in [1.29, 1.82) is 0 Å². The van der Waals surface area contributed by atoms with Crippen LogP contribution >= 0.6 is 0 Å². The SMILES string of the molecule is CCOCC(C)NCc1ccn(C2CCCCC2)n1. The van der Waals surface area contributed by atoms with Crippen molar-refractivity contribution < 1.29 is 4.74 Å². The molecule has 1 atom stereocenters. The third-order valence-corrected chi connectivity index (χ3v) is 3.82. The van der Waals surface area contributed by atoms with E-state index in [0.29, 0.717) is 12.1 Å². The summed E-state index contributed by atoms with van der Waals surface area (Å²) in [7, 11) is 0. The van der Waals surface area contributed by atoms with Crippen LogP contribution in [0.15, 0.2) is 12.3 Å². The molecule has 0 aromatic carbocycles. The van der Waals surface area contributed by atoms with E-state index >= 15 is 0 Å². The van der Waals surface area contributed by atoms with Gasteiger partial charge >= 0.3 is 0 Å². The maximum atomic E-state index is 5.40. The zero-order valence-corrected chi connectivity index (χ0v) is 12.3. The Morgan fingerprint density at radius 1 is 1.42 bits per heavy atom. The second-order valence-corrected chi connectivity index (χ2v) is 5.52. The highest BCUT2D eigenvalue weighted by Gasteiger charge is 2.15. The summed E-state index contributed by atoms with van der Waals surface area (Å²) in [5.74, 6) is 0. The first-order chi connectivity index (χ1) is 9.29.